The lowest BCUT2D eigenvalue weighted by Gasteiger charge is -2.18. The molecule has 1 amide bonds. The molecular weight excluding hydrogens is 266 g/mol. The number of hydrogen-bond acceptors (Lipinski definition) is 5. The summed E-state index contributed by atoms with van der Waals surface area (Å²) in [5.41, 5.74) is 8.02. The van der Waals surface area contributed by atoms with Crippen molar-refractivity contribution in [2.45, 2.75) is 6.54 Å². The SMILES string of the molecule is CN(Cc1ccc(N(C)C)cc1)C(=O)c1nccnc1N. The zero-order chi connectivity index (χ0) is 15.4. The van der Waals surface area contributed by atoms with Crippen molar-refractivity contribution in [1.82, 2.24) is 14.9 Å². The average Bonchev–Trinajstić information content (AvgIpc) is 2.47. The predicted octanol–water partition coefficient (Wildman–Crippen LogP) is 1.40. The molecule has 0 radical (unpaired) electrons. The lowest BCUT2D eigenvalue weighted by atomic mass is 10.2. The van der Waals surface area contributed by atoms with Crippen molar-refractivity contribution in [3.8, 4) is 0 Å². The first kappa shape index (κ1) is 14.8. The molecule has 0 saturated carbocycles. The van der Waals surface area contributed by atoms with E-state index in [1.54, 1.807) is 11.9 Å². The third-order valence-electron chi connectivity index (χ3n) is 3.15. The molecule has 2 rings (SSSR count). The van der Waals surface area contributed by atoms with Gasteiger partial charge in [0.05, 0.1) is 0 Å². The summed E-state index contributed by atoms with van der Waals surface area (Å²) >= 11 is 0. The molecule has 0 atom stereocenters. The van der Waals surface area contributed by atoms with Crippen molar-refractivity contribution in [1.29, 1.82) is 0 Å². The van der Waals surface area contributed by atoms with E-state index in [9.17, 15) is 4.79 Å². The van der Waals surface area contributed by atoms with Crippen LogP contribution < -0.4 is 10.6 Å². The maximum Gasteiger partial charge on any atom is 0.276 e. The van der Waals surface area contributed by atoms with Gasteiger partial charge >= 0.3 is 0 Å². The maximum absolute atomic E-state index is 12.3. The Morgan fingerprint density at radius 2 is 1.71 bits per heavy atom. The normalized spacial score (nSPS) is 10.2. The molecule has 1 aromatic heterocycles. The van der Waals surface area contributed by atoms with Gasteiger partial charge in [-0.25, -0.2) is 9.97 Å². The molecule has 21 heavy (non-hydrogen) atoms. The highest BCUT2D eigenvalue weighted by atomic mass is 16.2. The largest absolute Gasteiger partial charge is 0.382 e. The molecular formula is C15H19N5O. The molecule has 1 aromatic carbocycles. The van der Waals surface area contributed by atoms with E-state index < -0.39 is 0 Å². The van der Waals surface area contributed by atoms with Crippen LogP contribution >= 0.6 is 0 Å². The summed E-state index contributed by atoms with van der Waals surface area (Å²) in [5, 5.41) is 0. The number of hydrogen-bond donors (Lipinski definition) is 1. The monoisotopic (exact) mass is 285 g/mol. The summed E-state index contributed by atoms with van der Waals surface area (Å²) in [4.78, 5) is 23.8. The zero-order valence-corrected chi connectivity index (χ0v) is 12.4. The molecule has 0 bridgehead atoms. The van der Waals surface area contributed by atoms with Crippen LogP contribution in [0.15, 0.2) is 36.7 Å². The Kier molecular flexibility index (Phi) is 4.37. The summed E-state index contributed by atoms with van der Waals surface area (Å²) in [6.07, 6.45) is 2.93. The molecule has 0 aliphatic rings. The average molecular weight is 285 g/mol. The number of carbonyl (C=O) groups is 1. The van der Waals surface area contributed by atoms with Crippen molar-refractivity contribution in [2.75, 3.05) is 31.8 Å². The van der Waals surface area contributed by atoms with E-state index in [2.05, 4.69) is 9.97 Å². The number of rotatable bonds is 4. The van der Waals surface area contributed by atoms with E-state index >= 15 is 0 Å². The van der Waals surface area contributed by atoms with Crippen LogP contribution in [0.3, 0.4) is 0 Å². The van der Waals surface area contributed by atoms with Gasteiger partial charge < -0.3 is 15.5 Å². The van der Waals surface area contributed by atoms with E-state index in [-0.39, 0.29) is 17.4 Å². The number of benzene rings is 1. The van der Waals surface area contributed by atoms with Gasteiger partial charge in [0.25, 0.3) is 5.91 Å². The standard InChI is InChI=1S/C15H19N5O/c1-19(2)12-6-4-11(5-7-12)10-20(3)15(21)13-14(16)18-9-8-17-13/h4-9H,10H2,1-3H3,(H2,16,18). The molecule has 6 nitrogen and oxygen atoms in total. The highest BCUT2D eigenvalue weighted by Gasteiger charge is 2.16. The van der Waals surface area contributed by atoms with Crippen molar-refractivity contribution in [3.63, 3.8) is 0 Å². The lowest BCUT2D eigenvalue weighted by Crippen LogP contribution is -2.28. The molecule has 2 aromatic rings. The molecule has 6 heteroatoms. The quantitative estimate of drug-likeness (QED) is 0.919. The molecule has 0 aliphatic heterocycles. The van der Waals surface area contributed by atoms with Crippen molar-refractivity contribution in [3.05, 3.63) is 47.9 Å². The third-order valence-corrected chi connectivity index (χ3v) is 3.15. The van der Waals surface area contributed by atoms with Gasteiger partial charge in [-0.05, 0) is 17.7 Å². The molecule has 110 valence electrons. The van der Waals surface area contributed by atoms with E-state index in [4.69, 9.17) is 5.73 Å². The molecule has 0 spiro atoms. The molecule has 2 N–H and O–H groups in total. The van der Waals surface area contributed by atoms with Crippen LogP contribution in [0.5, 0.6) is 0 Å². The second-order valence-electron chi connectivity index (χ2n) is 5.01. The minimum atomic E-state index is -0.239. The zero-order valence-electron chi connectivity index (χ0n) is 12.4. The van der Waals surface area contributed by atoms with Gasteiger partial charge in [0.1, 0.15) is 0 Å². The van der Waals surface area contributed by atoms with E-state index in [0.29, 0.717) is 6.54 Å². The van der Waals surface area contributed by atoms with Gasteiger partial charge in [-0.2, -0.15) is 0 Å². The third kappa shape index (κ3) is 3.47. The Morgan fingerprint density at radius 3 is 2.29 bits per heavy atom. The molecule has 1 heterocycles. The van der Waals surface area contributed by atoms with Crippen LogP contribution in [0.25, 0.3) is 0 Å². The number of aromatic nitrogens is 2. The van der Waals surface area contributed by atoms with E-state index in [1.165, 1.54) is 12.4 Å². The number of carbonyl (C=O) groups excluding carboxylic acids is 1. The van der Waals surface area contributed by atoms with Gasteiger partial charge in [-0.1, -0.05) is 12.1 Å². The second kappa shape index (κ2) is 6.21. The van der Waals surface area contributed by atoms with Crippen LogP contribution in [0.2, 0.25) is 0 Å². The van der Waals surface area contributed by atoms with E-state index in [0.717, 1.165) is 11.3 Å². The molecule has 0 aliphatic carbocycles. The fourth-order valence-corrected chi connectivity index (χ4v) is 1.94. The summed E-state index contributed by atoms with van der Waals surface area (Å²) in [6, 6.07) is 8.03. The van der Waals surface area contributed by atoms with Crippen LogP contribution in [-0.4, -0.2) is 41.9 Å². The predicted molar refractivity (Wildman–Crippen MR) is 83.0 cm³/mol. The first-order valence-corrected chi connectivity index (χ1v) is 6.57. The summed E-state index contributed by atoms with van der Waals surface area (Å²) < 4.78 is 0. The molecule has 0 fully saturated rings. The number of anilines is 2. The first-order chi connectivity index (χ1) is 9.99. The van der Waals surface area contributed by atoms with Crippen LogP contribution in [0.1, 0.15) is 16.1 Å². The minimum absolute atomic E-state index is 0.150. The van der Waals surface area contributed by atoms with Crippen molar-refractivity contribution in [2.24, 2.45) is 0 Å². The highest BCUT2D eigenvalue weighted by molar-refractivity contribution is 5.96. The topological polar surface area (TPSA) is 75.3 Å². The Hall–Kier alpha value is -2.63. The van der Waals surface area contributed by atoms with Crippen molar-refractivity contribution >= 4 is 17.4 Å². The summed E-state index contributed by atoms with van der Waals surface area (Å²) in [6.45, 7) is 0.489. The highest BCUT2D eigenvalue weighted by Crippen LogP contribution is 2.14. The maximum atomic E-state index is 12.3. The smallest absolute Gasteiger partial charge is 0.276 e. The van der Waals surface area contributed by atoms with Gasteiger partial charge in [0.15, 0.2) is 11.5 Å². The molecule has 0 saturated heterocycles. The minimum Gasteiger partial charge on any atom is -0.382 e. The first-order valence-electron chi connectivity index (χ1n) is 6.57. The Morgan fingerprint density at radius 1 is 1.10 bits per heavy atom. The number of nitrogen functional groups attached to an aromatic ring is 1. The lowest BCUT2D eigenvalue weighted by molar-refractivity contribution is 0.0780. The number of nitrogens with two attached hydrogens (primary N) is 1. The Bertz CT molecular complexity index is 624. The summed E-state index contributed by atoms with van der Waals surface area (Å²) in [5.74, 6) is -0.0883. The van der Waals surface area contributed by atoms with Crippen molar-refractivity contribution < 1.29 is 4.79 Å². The van der Waals surface area contributed by atoms with Gasteiger partial charge in [-0.3, -0.25) is 4.79 Å². The van der Waals surface area contributed by atoms with E-state index in [1.807, 2.05) is 43.3 Å². The van der Waals surface area contributed by atoms with Gasteiger partial charge in [0.2, 0.25) is 0 Å². The second-order valence-corrected chi connectivity index (χ2v) is 5.01. The fraction of sp³-hybridized carbons (Fsp3) is 0.267. The van der Waals surface area contributed by atoms with Crippen LogP contribution in [0.4, 0.5) is 11.5 Å². The Labute approximate surface area is 124 Å². The molecule has 0 unspecified atom stereocenters. The summed E-state index contributed by atoms with van der Waals surface area (Å²) in [7, 11) is 5.69. The van der Waals surface area contributed by atoms with Crippen LogP contribution in [-0.2, 0) is 6.54 Å². The Balaban J connectivity index is 2.09. The van der Waals surface area contributed by atoms with Crippen LogP contribution in [0, 0.1) is 0 Å². The number of nitrogens with zero attached hydrogens (tertiary/aromatic N) is 4. The van der Waals surface area contributed by atoms with Gasteiger partial charge in [-0.15, -0.1) is 0 Å². The number of amides is 1. The van der Waals surface area contributed by atoms with Gasteiger partial charge in [0, 0.05) is 45.8 Å². The fourth-order valence-electron chi connectivity index (χ4n) is 1.94.